The molecule has 0 aromatic carbocycles. The quantitative estimate of drug-likeness (QED) is 0.703. The van der Waals surface area contributed by atoms with Crippen molar-refractivity contribution in [1.29, 1.82) is 0 Å². The fourth-order valence-electron chi connectivity index (χ4n) is 1.34. The van der Waals surface area contributed by atoms with Crippen LogP contribution in [0.15, 0.2) is 27.2 Å². The van der Waals surface area contributed by atoms with Gasteiger partial charge < -0.3 is 9.52 Å². The molecule has 0 saturated carbocycles. The van der Waals surface area contributed by atoms with Gasteiger partial charge in [-0.25, -0.2) is 13.6 Å². The highest BCUT2D eigenvalue weighted by Gasteiger charge is 2.25. The first-order chi connectivity index (χ1) is 9.43. The van der Waals surface area contributed by atoms with E-state index in [1.807, 2.05) is 0 Å². The summed E-state index contributed by atoms with van der Waals surface area (Å²) >= 11 is 0.631. The summed E-state index contributed by atoms with van der Waals surface area (Å²) in [5.74, 6) is -0.535. The Labute approximate surface area is 117 Å². The Bertz CT molecular complexity index is 694. The maximum Gasteiger partial charge on any atom is 0.295 e. The van der Waals surface area contributed by atoms with E-state index in [1.54, 1.807) is 0 Å². The van der Waals surface area contributed by atoms with Gasteiger partial charge in [0.25, 0.3) is 15.9 Å². The first-order valence-electron chi connectivity index (χ1n) is 5.26. The molecule has 0 aliphatic heterocycles. The monoisotopic (exact) mass is 318 g/mol. The third-order valence-corrected chi connectivity index (χ3v) is 4.43. The second-order valence-corrected chi connectivity index (χ2v) is 6.24. The van der Waals surface area contributed by atoms with Crippen molar-refractivity contribution in [1.82, 2.24) is 10.2 Å². The van der Waals surface area contributed by atoms with E-state index in [9.17, 15) is 13.2 Å². The number of furan rings is 1. The second-order valence-electron chi connectivity index (χ2n) is 3.55. The zero-order chi connectivity index (χ0) is 14.8. The molecule has 2 aromatic rings. The lowest BCUT2D eigenvalue weighted by molar-refractivity contribution is 0.0954. The average molecular weight is 318 g/mol. The average Bonchev–Trinajstić information content (AvgIpc) is 3.04. The van der Waals surface area contributed by atoms with Gasteiger partial charge in [-0.1, -0.05) is 11.3 Å². The number of anilines is 1. The number of amides is 1. The van der Waals surface area contributed by atoms with Crippen molar-refractivity contribution >= 4 is 32.4 Å². The Morgan fingerprint density at radius 3 is 2.75 bits per heavy atom. The number of hydrogen-bond donors (Lipinski definition) is 2. The van der Waals surface area contributed by atoms with Gasteiger partial charge in [0.2, 0.25) is 9.47 Å². The number of nitrogens with two attached hydrogens (primary N) is 1. The van der Waals surface area contributed by atoms with E-state index >= 15 is 0 Å². The Kier molecular flexibility index (Phi) is 4.13. The molecule has 108 valence electrons. The molecular weight excluding hydrogens is 308 g/mol. The van der Waals surface area contributed by atoms with Crippen molar-refractivity contribution in [3.05, 3.63) is 24.2 Å². The van der Waals surface area contributed by atoms with Crippen molar-refractivity contribution in [2.75, 3.05) is 18.1 Å². The fraction of sp³-hybridized carbons (Fsp3) is 0.222. The molecule has 2 rings (SSSR count). The minimum absolute atomic E-state index is 0.00414. The fourth-order valence-corrected chi connectivity index (χ4v) is 2.79. The van der Waals surface area contributed by atoms with Gasteiger partial charge in [0, 0.05) is 0 Å². The third kappa shape index (κ3) is 3.01. The number of primary sulfonamides is 1. The maximum absolute atomic E-state index is 12.1. The summed E-state index contributed by atoms with van der Waals surface area (Å²) < 4.78 is 26.8. The molecule has 0 fully saturated rings. The molecule has 0 bridgehead atoms. The van der Waals surface area contributed by atoms with Gasteiger partial charge in [0.05, 0.1) is 19.4 Å². The molecule has 9 nitrogen and oxygen atoms in total. The van der Waals surface area contributed by atoms with Crippen molar-refractivity contribution in [3.63, 3.8) is 0 Å². The summed E-state index contributed by atoms with van der Waals surface area (Å²) in [7, 11) is -3.99. The minimum Gasteiger partial charge on any atom is -0.459 e. The van der Waals surface area contributed by atoms with Gasteiger partial charge in [0.15, 0.2) is 5.76 Å². The van der Waals surface area contributed by atoms with Crippen molar-refractivity contribution in [2.45, 2.75) is 4.34 Å². The predicted molar refractivity (Wildman–Crippen MR) is 68.8 cm³/mol. The first-order valence-corrected chi connectivity index (χ1v) is 7.62. The van der Waals surface area contributed by atoms with Crippen LogP contribution in [-0.2, 0) is 10.0 Å². The first kappa shape index (κ1) is 14.6. The molecule has 0 unspecified atom stereocenters. The largest absolute Gasteiger partial charge is 0.459 e. The zero-order valence-electron chi connectivity index (χ0n) is 9.96. The van der Waals surface area contributed by atoms with E-state index in [-0.39, 0.29) is 24.0 Å². The lowest BCUT2D eigenvalue weighted by Gasteiger charge is -2.16. The van der Waals surface area contributed by atoms with Gasteiger partial charge in [-0.05, 0) is 12.1 Å². The molecular formula is C9H10N4O5S2. The predicted octanol–water partition coefficient (Wildman–Crippen LogP) is -0.582. The number of carbonyl (C=O) groups is 1. The van der Waals surface area contributed by atoms with Gasteiger partial charge in [-0.2, -0.15) is 0 Å². The van der Waals surface area contributed by atoms with Crippen LogP contribution >= 0.6 is 11.3 Å². The van der Waals surface area contributed by atoms with Crippen LogP contribution in [0.25, 0.3) is 0 Å². The Morgan fingerprint density at radius 2 is 2.25 bits per heavy atom. The van der Waals surface area contributed by atoms with Crippen molar-refractivity contribution in [3.8, 4) is 0 Å². The van der Waals surface area contributed by atoms with Crippen LogP contribution in [0.1, 0.15) is 10.6 Å². The van der Waals surface area contributed by atoms with Crippen molar-refractivity contribution < 1.29 is 22.7 Å². The smallest absolute Gasteiger partial charge is 0.295 e. The third-order valence-electron chi connectivity index (χ3n) is 2.17. The molecule has 11 heteroatoms. The van der Waals surface area contributed by atoms with Gasteiger partial charge in [0.1, 0.15) is 0 Å². The summed E-state index contributed by atoms with van der Waals surface area (Å²) in [6, 6.07) is 2.97. The number of aliphatic hydroxyl groups excluding tert-OH is 1. The van der Waals surface area contributed by atoms with E-state index in [1.165, 1.54) is 18.4 Å². The highest BCUT2D eigenvalue weighted by Crippen LogP contribution is 2.24. The van der Waals surface area contributed by atoms with Crippen LogP contribution in [0.5, 0.6) is 0 Å². The molecule has 0 saturated heterocycles. The van der Waals surface area contributed by atoms with E-state index < -0.39 is 20.3 Å². The number of rotatable bonds is 5. The van der Waals surface area contributed by atoms with Gasteiger partial charge >= 0.3 is 0 Å². The lowest BCUT2D eigenvalue weighted by atomic mass is 10.4. The second kappa shape index (κ2) is 5.66. The minimum atomic E-state index is -3.99. The maximum atomic E-state index is 12.1. The lowest BCUT2D eigenvalue weighted by Crippen LogP contribution is -2.33. The molecule has 0 aliphatic rings. The topological polar surface area (TPSA) is 140 Å². The van der Waals surface area contributed by atoms with Crippen LogP contribution in [0.3, 0.4) is 0 Å². The van der Waals surface area contributed by atoms with Crippen molar-refractivity contribution in [2.24, 2.45) is 5.14 Å². The van der Waals surface area contributed by atoms with Gasteiger partial charge in [-0.3, -0.25) is 9.69 Å². The molecule has 1 amide bonds. The van der Waals surface area contributed by atoms with Gasteiger partial charge in [-0.15, -0.1) is 10.2 Å². The standard InChI is InChI=1S/C9H10N4O5S2/c10-20(16,17)9-12-11-8(19-9)13(3-4-14)7(15)6-2-1-5-18-6/h1-2,5,14H,3-4H2,(H2,10,16,17). The number of nitrogens with zero attached hydrogens (tertiary/aromatic N) is 3. The summed E-state index contributed by atoms with van der Waals surface area (Å²) in [4.78, 5) is 13.2. The SMILES string of the molecule is NS(=O)(=O)c1nnc(N(CCO)C(=O)c2ccco2)s1. The Balaban J connectivity index is 2.34. The number of hydrogen-bond acceptors (Lipinski definition) is 8. The van der Waals surface area contributed by atoms with E-state index in [0.717, 1.165) is 4.90 Å². The van der Waals surface area contributed by atoms with E-state index in [2.05, 4.69) is 10.2 Å². The summed E-state index contributed by atoms with van der Waals surface area (Å²) in [5.41, 5.74) is 0. The van der Waals surface area contributed by atoms with Crippen LogP contribution in [-0.4, -0.2) is 42.8 Å². The summed E-state index contributed by atoms with van der Waals surface area (Å²) in [5, 5.41) is 20.9. The highest BCUT2D eigenvalue weighted by atomic mass is 32.2. The molecule has 0 atom stereocenters. The summed E-state index contributed by atoms with van der Waals surface area (Å²) in [6.07, 6.45) is 1.32. The zero-order valence-corrected chi connectivity index (χ0v) is 11.6. The molecule has 20 heavy (non-hydrogen) atoms. The molecule has 0 spiro atoms. The highest BCUT2D eigenvalue weighted by molar-refractivity contribution is 7.91. The summed E-state index contributed by atoms with van der Waals surface area (Å²) in [6.45, 7) is -0.421. The van der Waals surface area contributed by atoms with Crippen LogP contribution in [0.2, 0.25) is 0 Å². The van der Waals surface area contributed by atoms with Crippen LogP contribution < -0.4 is 10.0 Å². The van der Waals surface area contributed by atoms with Crippen LogP contribution in [0.4, 0.5) is 5.13 Å². The van der Waals surface area contributed by atoms with E-state index in [0.29, 0.717) is 11.3 Å². The molecule has 2 heterocycles. The normalized spacial score (nSPS) is 11.5. The Morgan fingerprint density at radius 1 is 1.50 bits per heavy atom. The molecule has 2 aromatic heterocycles. The number of carbonyl (C=O) groups excluding carboxylic acids is 1. The molecule has 3 N–H and O–H groups in total. The molecule has 0 radical (unpaired) electrons. The van der Waals surface area contributed by atoms with Crippen LogP contribution in [0, 0.1) is 0 Å². The number of sulfonamides is 1. The number of aromatic nitrogens is 2. The molecule has 0 aliphatic carbocycles. The number of aliphatic hydroxyl groups is 1. The Hall–Kier alpha value is -1.82. The van der Waals surface area contributed by atoms with E-state index in [4.69, 9.17) is 14.7 Å².